The zero-order valence-corrected chi connectivity index (χ0v) is 38.6. The summed E-state index contributed by atoms with van der Waals surface area (Å²) in [5.74, 6) is -5.19. The lowest BCUT2D eigenvalue weighted by molar-refractivity contribution is -0.0481. The number of amides is 1. The van der Waals surface area contributed by atoms with E-state index in [0.717, 1.165) is 16.5 Å². The SMILES string of the molecule is CN(C(=O)OC(C)(C)C)c1cc(F)c2c(c1OC(=O)OC(C)(C)C)C(=O)C1=C(O)[C@]3(O[Si](C)(C)C(C)(C)C)C(=O)c4c(OCc5ccccc5)noc4[C@@H](N(C)C)[C@@H]3C[C@@H]1C2. The smallest absolute Gasteiger partial charge is 0.508 e. The lowest BCUT2D eigenvalue weighted by Crippen LogP contribution is -2.65. The monoisotopic (exact) mass is 863 g/mol. The van der Waals surface area contributed by atoms with E-state index in [4.69, 9.17) is 27.9 Å². The third-order valence-electron chi connectivity index (χ3n) is 11.8. The van der Waals surface area contributed by atoms with E-state index in [-0.39, 0.29) is 53.5 Å². The molecular formula is C45H58FN3O11Si. The van der Waals surface area contributed by atoms with Crippen molar-refractivity contribution in [3.05, 3.63) is 81.6 Å². The van der Waals surface area contributed by atoms with Gasteiger partial charge in [0.25, 0.3) is 5.88 Å². The molecule has 0 unspecified atom stereocenters. The maximum absolute atomic E-state index is 16.6. The van der Waals surface area contributed by atoms with Gasteiger partial charge in [0.05, 0.1) is 17.3 Å². The average molecular weight is 864 g/mol. The second-order valence-electron chi connectivity index (χ2n) is 19.8. The number of rotatable bonds is 8. The molecule has 61 heavy (non-hydrogen) atoms. The number of aliphatic hydroxyl groups is 1. The molecule has 1 N–H and O–H groups in total. The molecule has 16 heteroatoms. The highest BCUT2D eigenvalue weighted by atomic mass is 28.4. The van der Waals surface area contributed by atoms with Crippen LogP contribution < -0.4 is 14.4 Å². The molecule has 1 heterocycles. The first-order chi connectivity index (χ1) is 28.1. The molecule has 3 aromatic rings. The third-order valence-corrected chi connectivity index (χ3v) is 16.3. The summed E-state index contributed by atoms with van der Waals surface area (Å²) in [7, 11) is 1.83. The third kappa shape index (κ3) is 8.33. The van der Waals surface area contributed by atoms with Crippen LogP contribution in [0.1, 0.15) is 112 Å². The van der Waals surface area contributed by atoms with Crippen molar-refractivity contribution in [3.63, 3.8) is 0 Å². The van der Waals surface area contributed by atoms with Crippen molar-refractivity contribution in [3.8, 4) is 11.6 Å². The van der Waals surface area contributed by atoms with Gasteiger partial charge in [-0.1, -0.05) is 51.1 Å². The van der Waals surface area contributed by atoms with Gasteiger partial charge < -0.3 is 33.0 Å². The zero-order valence-electron chi connectivity index (χ0n) is 37.6. The van der Waals surface area contributed by atoms with Gasteiger partial charge in [-0.3, -0.25) is 19.4 Å². The zero-order chi connectivity index (χ0) is 45.4. The van der Waals surface area contributed by atoms with E-state index >= 15 is 14.0 Å². The Balaban J connectivity index is 1.60. The van der Waals surface area contributed by atoms with Gasteiger partial charge in [0, 0.05) is 30.2 Å². The highest BCUT2D eigenvalue weighted by Gasteiger charge is 2.67. The maximum Gasteiger partial charge on any atom is 0.514 e. The van der Waals surface area contributed by atoms with Crippen LogP contribution in [0.3, 0.4) is 0 Å². The number of hydrogen-bond acceptors (Lipinski definition) is 13. The number of fused-ring (bicyclic) bond motifs is 4. The predicted octanol–water partition coefficient (Wildman–Crippen LogP) is 9.52. The maximum atomic E-state index is 16.6. The van der Waals surface area contributed by atoms with Crippen LogP contribution in [0.15, 0.2) is 52.3 Å². The number of allylic oxidation sites excluding steroid dienone is 1. The quantitative estimate of drug-likeness (QED) is 0.129. The number of ketones is 2. The van der Waals surface area contributed by atoms with E-state index < -0.39 is 94.7 Å². The highest BCUT2D eigenvalue weighted by Crippen LogP contribution is 2.60. The van der Waals surface area contributed by atoms with Crippen molar-refractivity contribution in [1.29, 1.82) is 0 Å². The summed E-state index contributed by atoms with van der Waals surface area (Å²) in [5, 5.41) is 16.7. The Bertz CT molecular complexity index is 2280. The first-order valence-electron chi connectivity index (χ1n) is 20.4. The Morgan fingerprint density at radius 1 is 0.967 bits per heavy atom. The average Bonchev–Trinajstić information content (AvgIpc) is 3.54. The predicted molar refractivity (Wildman–Crippen MR) is 226 cm³/mol. The minimum absolute atomic E-state index is 0.0277. The molecule has 14 nitrogen and oxygen atoms in total. The second kappa shape index (κ2) is 15.7. The molecule has 3 aliphatic rings. The lowest BCUT2D eigenvalue weighted by atomic mass is 9.58. The molecule has 0 saturated heterocycles. The molecule has 0 bridgehead atoms. The number of Topliss-reactive ketones (excluding diaryl/α,β-unsaturated/α-hetero) is 2. The Hall–Kier alpha value is -5.06. The normalized spacial score (nSPS) is 21.6. The molecule has 3 aliphatic carbocycles. The minimum atomic E-state index is -3.06. The number of aliphatic hydroxyl groups excluding tert-OH is 1. The molecule has 1 amide bonds. The fourth-order valence-corrected chi connectivity index (χ4v) is 9.54. The number of halogens is 1. The van der Waals surface area contributed by atoms with E-state index in [1.54, 1.807) is 55.6 Å². The van der Waals surface area contributed by atoms with Crippen LogP contribution >= 0.6 is 0 Å². The molecule has 6 rings (SSSR count). The van der Waals surface area contributed by atoms with Crippen LogP contribution in [-0.2, 0) is 26.9 Å². The van der Waals surface area contributed by atoms with Gasteiger partial charge in [0.2, 0.25) is 5.78 Å². The van der Waals surface area contributed by atoms with E-state index in [2.05, 4.69) is 5.16 Å². The lowest BCUT2D eigenvalue weighted by Gasteiger charge is -2.55. The van der Waals surface area contributed by atoms with E-state index in [9.17, 15) is 14.7 Å². The molecule has 0 saturated carbocycles. The number of aromatic nitrogens is 1. The van der Waals surface area contributed by atoms with Gasteiger partial charge in [-0.15, -0.1) is 0 Å². The number of ether oxygens (including phenoxy) is 4. The molecule has 4 atom stereocenters. The Morgan fingerprint density at radius 2 is 1.59 bits per heavy atom. The largest absolute Gasteiger partial charge is 0.514 e. The van der Waals surface area contributed by atoms with E-state index in [1.807, 2.05) is 69.1 Å². The highest BCUT2D eigenvalue weighted by molar-refractivity contribution is 6.74. The molecular weight excluding hydrogens is 806 g/mol. The molecule has 1 aromatic heterocycles. The summed E-state index contributed by atoms with van der Waals surface area (Å²) in [6.45, 7) is 19.7. The topological polar surface area (TPSA) is 167 Å². The first kappa shape index (κ1) is 45.5. The van der Waals surface area contributed by atoms with Crippen molar-refractivity contribution >= 4 is 37.8 Å². The van der Waals surface area contributed by atoms with E-state index in [0.29, 0.717) is 0 Å². The number of hydrogen-bond donors (Lipinski definition) is 1. The molecule has 0 aliphatic heterocycles. The van der Waals surface area contributed by atoms with Crippen LogP contribution in [0.5, 0.6) is 11.6 Å². The van der Waals surface area contributed by atoms with Crippen molar-refractivity contribution in [2.24, 2.45) is 11.8 Å². The summed E-state index contributed by atoms with van der Waals surface area (Å²) < 4.78 is 52.7. The standard InChI is InChI=1S/C45H58FN3O11Si/c1-42(2,3)57-40(53)49(12)29-22-28(46)26-20-25-21-27-33(48(10)11)36-32(39(47-59-36)55-23-24-18-16-15-17-19-24)38(52)45(27,60-61(13,14)44(7,8)9)37(51)30(25)34(50)31(26)35(29)56-41(54)58-43(4,5)6/h15-19,22,25,27,33,51H,20-21,23H2,1-14H3/t25-,27-,33-,45-/m0/s1. The van der Waals surface area contributed by atoms with Crippen LogP contribution in [-0.4, -0.2) is 85.2 Å². The minimum Gasteiger partial charge on any atom is -0.508 e. The molecule has 0 spiro atoms. The van der Waals surface area contributed by atoms with E-state index in [1.165, 1.54) is 7.05 Å². The van der Waals surface area contributed by atoms with Gasteiger partial charge in [-0.2, -0.15) is 0 Å². The van der Waals surface area contributed by atoms with Crippen molar-refractivity contribution in [2.75, 3.05) is 26.0 Å². The first-order valence-corrected chi connectivity index (χ1v) is 23.3. The number of nitrogens with zero attached hydrogens (tertiary/aromatic N) is 3. The summed E-state index contributed by atoms with van der Waals surface area (Å²) in [6, 6.07) is 9.56. The summed E-state index contributed by atoms with van der Waals surface area (Å²) in [5.41, 5.74) is -4.42. The number of carbonyl (C=O) groups is 4. The second-order valence-corrected chi connectivity index (χ2v) is 24.6. The van der Waals surface area contributed by atoms with Crippen LogP contribution in [0.25, 0.3) is 0 Å². The molecule has 0 fully saturated rings. The Kier molecular flexibility index (Phi) is 11.7. The van der Waals surface area contributed by atoms with Crippen LogP contribution in [0.2, 0.25) is 18.1 Å². The summed E-state index contributed by atoms with van der Waals surface area (Å²) >= 11 is 0. The van der Waals surface area contributed by atoms with Gasteiger partial charge in [-0.05, 0) is 103 Å². The van der Waals surface area contributed by atoms with Gasteiger partial charge >= 0.3 is 12.2 Å². The molecule has 330 valence electrons. The van der Waals surface area contributed by atoms with Gasteiger partial charge in [-0.25, -0.2) is 14.0 Å². The van der Waals surface area contributed by atoms with Crippen LogP contribution in [0, 0.1) is 17.7 Å². The number of benzene rings is 2. The number of carbonyl (C=O) groups excluding carboxylic acids is 4. The van der Waals surface area contributed by atoms with Crippen molar-refractivity contribution < 1.29 is 56.6 Å². The summed E-state index contributed by atoms with van der Waals surface area (Å²) in [6.07, 6.45) is -2.24. The Morgan fingerprint density at radius 3 is 2.16 bits per heavy atom. The number of anilines is 1. The summed E-state index contributed by atoms with van der Waals surface area (Å²) in [4.78, 5) is 60.5. The van der Waals surface area contributed by atoms with Crippen LogP contribution in [0.4, 0.5) is 19.7 Å². The van der Waals surface area contributed by atoms with Gasteiger partial charge in [0.1, 0.15) is 34.9 Å². The van der Waals surface area contributed by atoms with Crippen molar-refractivity contribution in [2.45, 2.75) is 123 Å². The molecule has 2 aromatic carbocycles. The van der Waals surface area contributed by atoms with Crippen molar-refractivity contribution in [1.82, 2.24) is 10.1 Å². The fraction of sp³-hybridized carbons (Fsp3) is 0.533. The molecule has 0 radical (unpaired) electrons. The van der Waals surface area contributed by atoms with Gasteiger partial charge in [0.15, 0.2) is 31.2 Å². The fourth-order valence-electron chi connectivity index (χ4n) is 8.09. The Labute approximate surface area is 357 Å².